The van der Waals surface area contributed by atoms with E-state index in [2.05, 4.69) is 16.0 Å². The molecule has 0 saturated heterocycles. The van der Waals surface area contributed by atoms with E-state index in [-0.39, 0.29) is 31.4 Å². The number of nitrogens with one attached hydrogen (secondary N) is 3. The van der Waals surface area contributed by atoms with Gasteiger partial charge in [-0.3, -0.25) is 24.0 Å². The summed E-state index contributed by atoms with van der Waals surface area (Å²) in [6.45, 7) is 0. The van der Waals surface area contributed by atoms with Crippen LogP contribution in [0.1, 0.15) is 31.2 Å². The van der Waals surface area contributed by atoms with Crippen LogP contribution in [0.2, 0.25) is 0 Å². The fourth-order valence-corrected chi connectivity index (χ4v) is 3.73. The highest BCUT2D eigenvalue weighted by Gasteiger charge is 2.30. The van der Waals surface area contributed by atoms with Crippen LogP contribution in [-0.4, -0.2) is 81.9 Å². The number of amides is 5. The molecule has 0 saturated carbocycles. The van der Waals surface area contributed by atoms with Gasteiger partial charge in [-0.15, -0.1) is 0 Å². The van der Waals surface area contributed by atoms with Crippen LogP contribution in [0.15, 0.2) is 24.3 Å². The molecule has 0 fully saturated rings. The number of thioether (sulfide) groups is 1. The van der Waals surface area contributed by atoms with Gasteiger partial charge in [0.25, 0.3) is 0 Å². The average Bonchev–Trinajstić information content (AvgIpc) is 2.84. The first-order valence-electron chi connectivity index (χ1n) is 11.6. The Morgan fingerprint density at radius 1 is 0.842 bits per heavy atom. The number of carbonyl (C=O) groups excluding carboxylic acids is 5. The number of rotatable bonds is 17. The first kappa shape index (κ1) is 32.2. The van der Waals surface area contributed by atoms with E-state index in [0.717, 1.165) is 0 Å². The maximum Gasteiger partial charge on any atom is 0.326 e. The standard InChI is InChI=1S/C23H34N6O8S/c1-38-9-8-16(22(35)29-17(23(36)37)10-12-2-4-13(30)5-3-12)28-21(34)15(6-7-18(25)31)27-20(33)14(24)11-19(26)32/h2-5,14-17,30H,6-11,24H2,1H3,(H2,25,31)(H2,26,32)(H,27,33)(H,28,34)(H,29,35)(H,36,37). The van der Waals surface area contributed by atoms with Crippen LogP contribution < -0.4 is 33.2 Å². The average molecular weight is 555 g/mol. The highest BCUT2D eigenvalue weighted by Crippen LogP contribution is 2.12. The zero-order valence-corrected chi connectivity index (χ0v) is 21.7. The molecule has 11 N–H and O–H groups in total. The normalized spacial score (nSPS) is 13.8. The number of aromatic hydroxyl groups is 1. The SMILES string of the molecule is CSCCC(NC(=O)C(CCC(N)=O)NC(=O)C(N)CC(N)=O)C(=O)NC(Cc1ccc(O)cc1)C(=O)O. The number of hydrogen-bond donors (Lipinski definition) is 8. The summed E-state index contributed by atoms with van der Waals surface area (Å²) in [4.78, 5) is 72.5. The molecule has 0 radical (unpaired) electrons. The molecule has 210 valence electrons. The maximum atomic E-state index is 13.0. The molecule has 0 spiro atoms. The number of carboxylic acid groups (broad SMARTS) is 1. The zero-order chi connectivity index (χ0) is 28.8. The predicted octanol–water partition coefficient (Wildman–Crippen LogP) is -2.30. The zero-order valence-electron chi connectivity index (χ0n) is 20.8. The van der Waals surface area contributed by atoms with Crippen LogP contribution in [0, 0.1) is 0 Å². The van der Waals surface area contributed by atoms with E-state index in [0.29, 0.717) is 11.3 Å². The summed E-state index contributed by atoms with van der Waals surface area (Å²) in [6.07, 6.45) is 0.843. The molecule has 0 heterocycles. The van der Waals surface area contributed by atoms with Crippen LogP contribution in [0.4, 0.5) is 0 Å². The third kappa shape index (κ3) is 11.9. The first-order chi connectivity index (χ1) is 17.8. The van der Waals surface area contributed by atoms with Crippen molar-refractivity contribution < 1.29 is 39.0 Å². The van der Waals surface area contributed by atoms with Gasteiger partial charge in [0.15, 0.2) is 0 Å². The van der Waals surface area contributed by atoms with Crippen molar-refractivity contribution in [3.63, 3.8) is 0 Å². The molecular formula is C23H34N6O8S. The minimum atomic E-state index is -1.34. The van der Waals surface area contributed by atoms with Gasteiger partial charge < -0.3 is 43.4 Å². The largest absolute Gasteiger partial charge is 0.508 e. The van der Waals surface area contributed by atoms with Crippen LogP contribution in [-0.2, 0) is 35.2 Å². The summed E-state index contributed by atoms with van der Waals surface area (Å²) < 4.78 is 0. The molecule has 14 nitrogen and oxygen atoms in total. The quantitative estimate of drug-likeness (QED) is 0.102. The van der Waals surface area contributed by atoms with E-state index in [1.165, 1.54) is 36.0 Å². The summed E-state index contributed by atoms with van der Waals surface area (Å²) in [5, 5.41) is 26.2. The molecular weight excluding hydrogens is 520 g/mol. The smallest absolute Gasteiger partial charge is 0.326 e. The van der Waals surface area contributed by atoms with Gasteiger partial charge in [0.2, 0.25) is 29.5 Å². The number of carbonyl (C=O) groups is 6. The van der Waals surface area contributed by atoms with Crippen molar-refractivity contribution in [2.75, 3.05) is 12.0 Å². The van der Waals surface area contributed by atoms with E-state index in [4.69, 9.17) is 17.2 Å². The second kappa shape index (κ2) is 16.1. The maximum absolute atomic E-state index is 13.0. The molecule has 0 aliphatic heterocycles. The second-order valence-corrected chi connectivity index (χ2v) is 9.44. The number of phenols is 1. The monoisotopic (exact) mass is 554 g/mol. The van der Waals surface area contributed by atoms with Crippen molar-refractivity contribution in [3.05, 3.63) is 29.8 Å². The van der Waals surface area contributed by atoms with Gasteiger partial charge in [-0.05, 0) is 42.5 Å². The highest BCUT2D eigenvalue weighted by atomic mass is 32.2. The van der Waals surface area contributed by atoms with Gasteiger partial charge in [-0.1, -0.05) is 12.1 Å². The molecule has 0 aliphatic rings. The Kier molecular flexibility index (Phi) is 13.6. The van der Waals surface area contributed by atoms with Crippen molar-refractivity contribution in [2.24, 2.45) is 17.2 Å². The van der Waals surface area contributed by atoms with E-state index >= 15 is 0 Å². The Labute approximate surface area is 223 Å². The highest BCUT2D eigenvalue weighted by molar-refractivity contribution is 7.98. The Morgan fingerprint density at radius 2 is 1.37 bits per heavy atom. The fourth-order valence-electron chi connectivity index (χ4n) is 3.26. The number of phenolic OH excluding ortho intramolecular Hbond substituents is 1. The van der Waals surface area contributed by atoms with Crippen molar-refractivity contribution in [2.45, 2.75) is 56.3 Å². The summed E-state index contributed by atoms with van der Waals surface area (Å²) >= 11 is 1.38. The number of hydrogen-bond acceptors (Lipinski definition) is 9. The molecule has 4 atom stereocenters. The lowest BCUT2D eigenvalue weighted by atomic mass is 10.0. The van der Waals surface area contributed by atoms with Gasteiger partial charge in [-0.25, -0.2) is 4.79 Å². The minimum absolute atomic E-state index is 0.00179. The third-order valence-corrected chi connectivity index (χ3v) is 5.95. The Balaban J connectivity index is 3.02. The molecule has 1 rings (SSSR count). The fraction of sp³-hybridized carbons (Fsp3) is 0.478. The summed E-state index contributed by atoms with van der Waals surface area (Å²) in [5.74, 6) is -4.95. The van der Waals surface area contributed by atoms with Gasteiger partial charge in [0.1, 0.15) is 23.9 Å². The van der Waals surface area contributed by atoms with Gasteiger partial charge in [-0.2, -0.15) is 11.8 Å². The Bertz CT molecular complexity index is 1010. The molecule has 1 aromatic carbocycles. The first-order valence-corrected chi connectivity index (χ1v) is 13.0. The van der Waals surface area contributed by atoms with Crippen LogP contribution >= 0.6 is 11.8 Å². The Hall–Kier alpha value is -3.85. The van der Waals surface area contributed by atoms with Crippen LogP contribution in [0.3, 0.4) is 0 Å². The number of benzene rings is 1. The van der Waals surface area contributed by atoms with Crippen molar-refractivity contribution in [1.82, 2.24) is 16.0 Å². The Morgan fingerprint density at radius 3 is 1.87 bits per heavy atom. The topological polar surface area (TPSA) is 257 Å². The number of carboxylic acids is 1. The summed E-state index contributed by atoms with van der Waals surface area (Å²) in [7, 11) is 0. The lowest BCUT2D eigenvalue weighted by Crippen LogP contribution is -2.57. The van der Waals surface area contributed by atoms with E-state index in [1.54, 1.807) is 6.26 Å². The number of aliphatic carboxylic acids is 1. The van der Waals surface area contributed by atoms with E-state index in [9.17, 15) is 39.0 Å². The van der Waals surface area contributed by atoms with E-state index in [1.807, 2.05) is 0 Å². The summed E-state index contributed by atoms with van der Waals surface area (Å²) in [5.41, 5.74) is 16.4. The van der Waals surface area contributed by atoms with Gasteiger partial charge in [0.05, 0.1) is 12.5 Å². The molecule has 0 aliphatic carbocycles. The minimum Gasteiger partial charge on any atom is -0.508 e. The van der Waals surface area contributed by atoms with E-state index < -0.39 is 66.1 Å². The molecule has 4 unspecified atom stereocenters. The van der Waals surface area contributed by atoms with Crippen LogP contribution in [0.5, 0.6) is 5.75 Å². The molecule has 0 bridgehead atoms. The van der Waals surface area contributed by atoms with Crippen molar-refractivity contribution in [1.29, 1.82) is 0 Å². The molecule has 15 heteroatoms. The van der Waals surface area contributed by atoms with Gasteiger partial charge in [0, 0.05) is 12.8 Å². The summed E-state index contributed by atoms with van der Waals surface area (Å²) in [6, 6.07) is 0.607. The molecule has 0 aromatic heterocycles. The van der Waals surface area contributed by atoms with Gasteiger partial charge >= 0.3 is 5.97 Å². The second-order valence-electron chi connectivity index (χ2n) is 8.46. The molecule has 38 heavy (non-hydrogen) atoms. The molecule has 1 aromatic rings. The number of primary amides is 2. The molecule has 5 amide bonds. The van der Waals surface area contributed by atoms with Crippen molar-refractivity contribution >= 4 is 47.3 Å². The third-order valence-electron chi connectivity index (χ3n) is 5.30. The lowest BCUT2D eigenvalue weighted by Gasteiger charge is -2.25. The number of nitrogens with two attached hydrogens (primary N) is 3. The van der Waals surface area contributed by atoms with Crippen LogP contribution in [0.25, 0.3) is 0 Å². The lowest BCUT2D eigenvalue weighted by molar-refractivity contribution is -0.142. The van der Waals surface area contributed by atoms with Crippen molar-refractivity contribution in [3.8, 4) is 5.75 Å². The predicted molar refractivity (Wildman–Crippen MR) is 138 cm³/mol.